The number of likely N-dealkylation sites (N-methyl/N-ethyl adjacent to an activating group) is 1. The average molecular weight is 234 g/mol. The van der Waals surface area contributed by atoms with Gasteiger partial charge in [-0.25, -0.2) is 4.39 Å². The van der Waals surface area contributed by atoms with Crippen molar-refractivity contribution >= 4 is 11.6 Å². The molecular formula is C10H13ClFNO2. The van der Waals surface area contributed by atoms with E-state index in [9.17, 15) is 9.50 Å². The van der Waals surface area contributed by atoms with Crippen molar-refractivity contribution in [1.29, 1.82) is 0 Å². The topological polar surface area (TPSA) is 41.5 Å². The van der Waals surface area contributed by atoms with Crippen LogP contribution < -0.4 is 10.1 Å². The fourth-order valence-corrected chi connectivity index (χ4v) is 1.17. The first-order valence-corrected chi connectivity index (χ1v) is 4.92. The van der Waals surface area contributed by atoms with Crippen molar-refractivity contribution in [1.82, 2.24) is 5.32 Å². The molecule has 1 atom stereocenters. The molecule has 0 amide bonds. The van der Waals surface area contributed by atoms with E-state index < -0.39 is 11.9 Å². The Morgan fingerprint density at radius 1 is 1.60 bits per heavy atom. The Morgan fingerprint density at radius 3 is 2.93 bits per heavy atom. The highest BCUT2D eigenvalue weighted by molar-refractivity contribution is 6.30. The summed E-state index contributed by atoms with van der Waals surface area (Å²) in [4.78, 5) is 0. The minimum absolute atomic E-state index is 0.0538. The molecule has 1 rings (SSSR count). The fraction of sp³-hybridized carbons (Fsp3) is 0.400. The Hall–Kier alpha value is -0.840. The van der Waals surface area contributed by atoms with Gasteiger partial charge in [-0.1, -0.05) is 11.6 Å². The number of hydrogen-bond donors (Lipinski definition) is 2. The minimum atomic E-state index is -0.617. The van der Waals surface area contributed by atoms with Crippen molar-refractivity contribution in [2.45, 2.75) is 6.10 Å². The van der Waals surface area contributed by atoms with Gasteiger partial charge in [-0.05, 0) is 19.2 Å². The predicted octanol–water partition coefficient (Wildman–Crippen LogP) is 1.44. The Balaban J connectivity index is 2.47. The lowest BCUT2D eigenvalue weighted by molar-refractivity contribution is 0.108. The molecule has 0 saturated carbocycles. The molecule has 84 valence electrons. The molecule has 15 heavy (non-hydrogen) atoms. The van der Waals surface area contributed by atoms with E-state index in [1.54, 1.807) is 13.1 Å². The first-order valence-electron chi connectivity index (χ1n) is 4.54. The zero-order chi connectivity index (χ0) is 11.3. The molecule has 0 aromatic heterocycles. The molecule has 0 spiro atoms. The maximum absolute atomic E-state index is 13.0. The summed E-state index contributed by atoms with van der Waals surface area (Å²) in [5, 5.41) is 12.2. The molecule has 5 heteroatoms. The second-order valence-corrected chi connectivity index (χ2v) is 3.51. The Morgan fingerprint density at radius 2 is 2.33 bits per heavy atom. The molecule has 0 bridgehead atoms. The molecule has 0 saturated heterocycles. The lowest BCUT2D eigenvalue weighted by atomic mass is 10.3. The third kappa shape index (κ3) is 4.03. The monoisotopic (exact) mass is 233 g/mol. The third-order valence-electron chi connectivity index (χ3n) is 1.77. The lowest BCUT2D eigenvalue weighted by Crippen LogP contribution is -2.29. The van der Waals surface area contributed by atoms with Gasteiger partial charge in [0.15, 0.2) is 0 Å². The lowest BCUT2D eigenvalue weighted by Gasteiger charge is -2.11. The number of rotatable bonds is 5. The smallest absolute Gasteiger partial charge is 0.145 e. The van der Waals surface area contributed by atoms with E-state index in [-0.39, 0.29) is 11.6 Å². The molecule has 0 radical (unpaired) electrons. The number of halogens is 2. The number of hydrogen-bond acceptors (Lipinski definition) is 3. The van der Waals surface area contributed by atoms with Crippen LogP contribution in [0.15, 0.2) is 18.2 Å². The van der Waals surface area contributed by atoms with Gasteiger partial charge in [-0.2, -0.15) is 0 Å². The van der Waals surface area contributed by atoms with Gasteiger partial charge in [0.05, 0.1) is 5.02 Å². The van der Waals surface area contributed by atoms with Crippen LogP contribution in [0.2, 0.25) is 5.02 Å². The van der Waals surface area contributed by atoms with Crippen LogP contribution in [0.25, 0.3) is 0 Å². The standard InChI is InChI=1S/C10H13ClFNO2/c1-13-5-7(14)6-15-8-2-3-9(11)10(12)4-8/h2-4,7,13-14H,5-6H2,1H3. The molecule has 2 N–H and O–H groups in total. The molecule has 1 aromatic carbocycles. The second kappa shape index (κ2) is 5.90. The summed E-state index contributed by atoms with van der Waals surface area (Å²) in [5.41, 5.74) is 0. The zero-order valence-electron chi connectivity index (χ0n) is 8.34. The summed E-state index contributed by atoms with van der Waals surface area (Å²) in [5.74, 6) is -0.177. The summed E-state index contributed by atoms with van der Waals surface area (Å²) in [6, 6.07) is 4.16. The molecular weight excluding hydrogens is 221 g/mol. The van der Waals surface area contributed by atoms with Crippen LogP contribution in [0.3, 0.4) is 0 Å². The van der Waals surface area contributed by atoms with Gasteiger partial charge in [0.1, 0.15) is 24.3 Å². The Kier molecular flexibility index (Phi) is 4.81. The molecule has 0 aliphatic rings. The largest absolute Gasteiger partial charge is 0.491 e. The number of aliphatic hydroxyl groups is 1. The highest BCUT2D eigenvalue weighted by Crippen LogP contribution is 2.20. The van der Waals surface area contributed by atoms with Gasteiger partial charge in [0.25, 0.3) is 0 Å². The molecule has 1 unspecified atom stereocenters. The number of benzene rings is 1. The molecule has 3 nitrogen and oxygen atoms in total. The van der Waals surface area contributed by atoms with Crippen LogP contribution in [0, 0.1) is 5.82 Å². The number of nitrogens with one attached hydrogen (secondary N) is 1. The van der Waals surface area contributed by atoms with Gasteiger partial charge in [0, 0.05) is 12.6 Å². The van der Waals surface area contributed by atoms with E-state index in [0.29, 0.717) is 12.3 Å². The third-order valence-corrected chi connectivity index (χ3v) is 2.08. The highest BCUT2D eigenvalue weighted by atomic mass is 35.5. The van der Waals surface area contributed by atoms with Crippen LogP contribution in [0.1, 0.15) is 0 Å². The van der Waals surface area contributed by atoms with Crippen LogP contribution in [-0.4, -0.2) is 31.4 Å². The average Bonchev–Trinajstić information content (AvgIpc) is 2.20. The molecule has 0 heterocycles. The summed E-state index contributed by atoms with van der Waals surface area (Å²) in [7, 11) is 1.73. The van der Waals surface area contributed by atoms with E-state index in [2.05, 4.69) is 5.32 Å². The van der Waals surface area contributed by atoms with E-state index >= 15 is 0 Å². The quantitative estimate of drug-likeness (QED) is 0.809. The summed E-state index contributed by atoms with van der Waals surface area (Å²) in [6.07, 6.45) is -0.617. The van der Waals surface area contributed by atoms with E-state index in [1.165, 1.54) is 12.1 Å². The second-order valence-electron chi connectivity index (χ2n) is 3.10. The Labute approximate surface area is 92.8 Å². The summed E-state index contributed by atoms with van der Waals surface area (Å²) >= 11 is 5.50. The molecule has 0 aliphatic heterocycles. The molecule has 0 fully saturated rings. The van der Waals surface area contributed by atoms with Crippen molar-refractivity contribution in [3.63, 3.8) is 0 Å². The summed E-state index contributed by atoms with van der Waals surface area (Å²) < 4.78 is 18.1. The SMILES string of the molecule is CNCC(O)COc1ccc(Cl)c(F)c1. The Bertz CT molecular complexity index is 322. The fourth-order valence-electron chi connectivity index (χ4n) is 1.05. The minimum Gasteiger partial charge on any atom is -0.491 e. The van der Waals surface area contributed by atoms with Gasteiger partial charge in [0.2, 0.25) is 0 Å². The zero-order valence-corrected chi connectivity index (χ0v) is 9.09. The van der Waals surface area contributed by atoms with Crippen molar-refractivity contribution in [3.05, 3.63) is 29.0 Å². The highest BCUT2D eigenvalue weighted by Gasteiger charge is 2.05. The molecule has 0 aliphatic carbocycles. The number of aliphatic hydroxyl groups excluding tert-OH is 1. The van der Waals surface area contributed by atoms with E-state index in [0.717, 1.165) is 0 Å². The summed E-state index contributed by atoms with van der Waals surface area (Å²) in [6.45, 7) is 0.540. The van der Waals surface area contributed by atoms with Crippen LogP contribution in [0.4, 0.5) is 4.39 Å². The van der Waals surface area contributed by atoms with Gasteiger partial charge in [-0.3, -0.25) is 0 Å². The van der Waals surface area contributed by atoms with Gasteiger partial charge in [-0.15, -0.1) is 0 Å². The predicted molar refractivity (Wildman–Crippen MR) is 56.8 cm³/mol. The van der Waals surface area contributed by atoms with Crippen LogP contribution in [-0.2, 0) is 0 Å². The van der Waals surface area contributed by atoms with Crippen LogP contribution in [0.5, 0.6) is 5.75 Å². The van der Waals surface area contributed by atoms with Crippen molar-refractivity contribution < 1.29 is 14.2 Å². The van der Waals surface area contributed by atoms with Crippen molar-refractivity contribution in [2.75, 3.05) is 20.2 Å². The maximum Gasteiger partial charge on any atom is 0.145 e. The van der Waals surface area contributed by atoms with Gasteiger partial charge >= 0.3 is 0 Å². The van der Waals surface area contributed by atoms with E-state index in [4.69, 9.17) is 16.3 Å². The van der Waals surface area contributed by atoms with Crippen molar-refractivity contribution in [2.24, 2.45) is 0 Å². The van der Waals surface area contributed by atoms with Crippen LogP contribution >= 0.6 is 11.6 Å². The van der Waals surface area contributed by atoms with Crippen molar-refractivity contribution in [3.8, 4) is 5.75 Å². The first kappa shape index (κ1) is 12.2. The van der Waals surface area contributed by atoms with Gasteiger partial charge < -0.3 is 15.2 Å². The maximum atomic E-state index is 13.0. The normalized spacial score (nSPS) is 12.5. The number of ether oxygens (including phenoxy) is 1. The van der Waals surface area contributed by atoms with E-state index in [1.807, 2.05) is 0 Å². The molecule has 1 aromatic rings. The first-order chi connectivity index (χ1) is 7.13.